The van der Waals surface area contributed by atoms with E-state index >= 15 is 0 Å². The van der Waals surface area contributed by atoms with Crippen molar-refractivity contribution in [3.8, 4) is 0 Å². The van der Waals surface area contributed by atoms with Crippen LogP contribution in [0.5, 0.6) is 0 Å². The molecule has 1 aliphatic rings. The second-order valence-corrected chi connectivity index (χ2v) is 6.09. The Morgan fingerprint density at radius 2 is 2.16 bits per heavy atom. The highest BCUT2D eigenvalue weighted by atomic mass is 32.1. The number of nitrogens with one attached hydrogen (secondary N) is 1. The first kappa shape index (κ1) is 12.2. The van der Waals surface area contributed by atoms with Crippen LogP contribution in [-0.2, 0) is 12.8 Å². The van der Waals surface area contributed by atoms with Crippen molar-refractivity contribution in [1.82, 2.24) is 0 Å². The number of anilines is 2. The highest BCUT2D eigenvalue weighted by Gasteiger charge is 2.18. The molecule has 0 atom stereocenters. The van der Waals surface area contributed by atoms with Crippen molar-refractivity contribution in [2.75, 3.05) is 11.1 Å². The number of fused-ring (bicyclic) bond motifs is 1. The van der Waals surface area contributed by atoms with Gasteiger partial charge in [-0.25, -0.2) is 0 Å². The molecule has 1 amide bonds. The summed E-state index contributed by atoms with van der Waals surface area (Å²) < 4.78 is 0. The Labute approximate surface area is 116 Å². The Hall–Kier alpha value is -1.81. The average molecular weight is 272 g/mol. The van der Waals surface area contributed by atoms with Crippen molar-refractivity contribution in [2.24, 2.45) is 0 Å². The molecule has 0 radical (unpaired) electrons. The third kappa shape index (κ3) is 2.36. The van der Waals surface area contributed by atoms with E-state index in [1.165, 1.54) is 16.9 Å². The van der Waals surface area contributed by atoms with E-state index in [2.05, 4.69) is 5.32 Å². The summed E-state index contributed by atoms with van der Waals surface area (Å²) in [4.78, 5) is 14.4. The Balaban J connectivity index is 1.82. The zero-order chi connectivity index (χ0) is 13.4. The Morgan fingerprint density at radius 3 is 2.95 bits per heavy atom. The molecule has 2 aromatic rings. The highest BCUT2D eigenvalue weighted by molar-refractivity contribution is 7.14. The van der Waals surface area contributed by atoms with Crippen molar-refractivity contribution in [3.05, 3.63) is 45.1 Å². The third-order valence-electron chi connectivity index (χ3n) is 3.43. The number of thiophene rings is 1. The molecule has 1 aromatic heterocycles. The van der Waals surface area contributed by atoms with Crippen molar-refractivity contribution < 1.29 is 4.79 Å². The van der Waals surface area contributed by atoms with Gasteiger partial charge in [-0.1, -0.05) is 6.07 Å². The molecule has 1 aliphatic carbocycles. The quantitative estimate of drug-likeness (QED) is 0.823. The maximum atomic E-state index is 12.2. The van der Waals surface area contributed by atoms with Gasteiger partial charge in [-0.15, -0.1) is 11.3 Å². The zero-order valence-electron chi connectivity index (χ0n) is 10.8. The number of hydrogen-bond acceptors (Lipinski definition) is 3. The fraction of sp³-hybridized carbons (Fsp3) is 0.267. The number of hydrogen-bond donors (Lipinski definition) is 2. The molecule has 0 saturated carbocycles. The minimum atomic E-state index is -0.0586. The Bertz CT molecular complexity index is 624. The Kier molecular flexibility index (Phi) is 3.03. The molecule has 3 N–H and O–H groups in total. The molecule has 0 unspecified atom stereocenters. The predicted molar refractivity (Wildman–Crippen MR) is 79.9 cm³/mol. The molecule has 0 bridgehead atoms. The predicted octanol–water partition coefficient (Wildman–Crippen LogP) is 3.38. The van der Waals surface area contributed by atoms with Crippen molar-refractivity contribution in [2.45, 2.75) is 26.2 Å². The first-order valence-corrected chi connectivity index (χ1v) is 7.24. The highest BCUT2D eigenvalue weighted by Crippen LogP contribution is 2.31. The molecular formula is C15H16N2OS. The van der Waals surface area contributed by atoms with Crippen LogP contribution in [0, 0.1) is 6.92 Å². The van der Waals surface area contributed by atoms with Gasteiger partial charge in [0.1, 0.15) is 0 Å². The van der Waals surface area contributed by atoms with Crippen LogP contribution < -0.4 is 11.1 Å². The second kappa shape index (κ2) is 4.70. The summed E-state index contributed by atoms with van der Waals surface area (Å²) in [6.45, 7) is 1.98. The summed E-state index contributed by atoms with van der Waals surface area (Å²) >= 11 is 1.61. The van der Waals surface area contributed by atoms with Crippen LogP contribution in [0.1, 0.15) is 32.1 Å². The number of carbonyl (C=O) groups excluding carboxylic acids is 1. The van der Waals surface area contributed by atoms with Gasteiger partial charge in [0.15, 0.2) is 0 Å². The van der Waals surface area contributed by atoms with E-state index in [0.717, 1.165) is 23.3 Å². The van der Waals surface area contributed by atoms with Crippen LogP contribution >= 0.6 is 11.3 Å². The van der Waals surface area contributed by atoms with Gasteiger partial charge in [0.05, 0.1) is 16.3 Å². The SMILES string of the molecule is Cc1ccc(N)c(NC(=O)c2cc3c(s2)CCC3)c1. The molecule has 3 rings (SSSR count). The molecule has 3 nitrogen and oxygen atoms in total. The van der Waals surface area contributed by atoms with Crippen LogP contribution in [0.2, 0.25) is 0 Å². The molecule has 0 spiro atoms. The smallest absolute Gasteiger partial charge is 0.265 e. The fourth-order valence-electron chi connectivity index (χ4n) is 2.40. The summed E-state index contributed by atoms with van der Waals surface area (Å²) in [5, 5.41) is 2.90. The first-order valence-electron chi connectivity index (χ1n) is 6.42. The van der Waals surface area contributed by atoms with Gasteiger partial charge < -0.3 is 11.1 Å². The zero-order valence-corrected chi connectivity index (χ0v) is 11.6. The van der Waals surface area contributed by atoms with Gasteiger partial charge in [-0.2, -0.15) is 0 Å². The van der Waals surface area contributed by atoms with Gasteiger partial charge in [-0.3, -0.25) is 4.79 Å². The number of carbonyl (C=O) groups is 1. The van der Waals surface area contributed by atoms with E-state index in [4.69, 9.17) is 5.73 Å². The minimum absolute atomic E-state index is 0.0586. The summed E-state index contributed by atoms with van der Waals surface area (Å²) in [7, 11) is 0. The van der Waals surface area contributed by atoms with E-state index in [-0.39, 0.29) is 5.91 Å². The van der Waals surface area contributed by atoms with Crippen LogP contribution in [0.15, 0.2) is 24.3 Å². The molecule has 1 heterocycles. The topological polar surface area (TPSA) is 55.1 Å². The lowest BCUT2D eigenvalue weighted by Gasteiger charge is -2.08. The largest absolute Gasteiger partial charge is 0.397 e. The van der Waals surface area contributed by atoms with Crippen LogP contribution in [-0.4, -0.2) is 5.91 Å². The van der Waals surface area contributed by atoms with Crippen LogP contribution in [0.4, 0.5) is 11.4 Å². The van der Waals surface area contributed by atoms with Gasteiger partial charge >= 0.3 is 0 Å². The standard InChI is InChI=1S/C15H16N2OS/c1-9-5-6-11(16)12(7-9)17-15(18)14-8-10-3-2-4-13(10)19-14/h5-8H,2-4,16H2,1H3,(H,17,18). The van der Waals surface area contributed by atoms with Crippen LogP contribution in [0.25, 0.3) is 0 Å². The number of benzene rings is 1. The van der Waals surface area contributed by atoms with E-state index in [1.54, 1.807) is 11.3 Å². The van der Waals surface area contributed by atoms with E-state index < -0.39 is 0 Å². The molecular weight excluding hydrogens is 256 g/mol. The molecule has 0 fully saturated rings. The Morgan fingerprint density at radius 1 is 1.32 bits per heavy atom. The minimum Gasteiger partial charge on any atom is -0.397 e. The van der Waals surface area contributed by atoms with Gasteiger partial charge in [0, 0.05) is 4.88 Å². The lowest BCUT2D eigenvalue weighted by atomic mass is 10.2. The monoisotopic (exact) mass is 272 g/mol. The maximum Gasteiger partial charge on any atom is 0.265 e. The molecule has 0 saturated heterocycles. The number of nitrogens with two attached hydrogens (primary N) is 1. The van der Waals surface area contributed by atoms with E-state index in [1.807, 2.05) is 31.2 Å². The summed E-state index contributed by atoms with van der Waals surface area (Å²) in [6.07, 6.45) is 3.43. The van der Waals surface area contributed by atoms with Crippen LogP contribution in [0.3, 0.4) is 0 Å². The van der Waals surface area contributed by atoms with Crippen molar-refractivity contribution in [3.63, 3.8) is 0 Å². The summed E-state index contributed by atoms with van der Waals surface area (Å²) in [5.74, 6) is -0.0586. The van der Waals surface area contributed by atoms with Crippen molar-refractivity contribution >= 4 is 28.6 Å². The molecule has 4 heteroatoms. The number of nitrogen functional groups attached to an aromatic ring is 1. The number of rotatable bonds is 2. The number of amides is 1. The maximum absolute atomic E-state index is 12.2. The lowest BCUT2D eigenvalue weighted by Crippen LogP contribution is -2.12. The summed E-state index contributed by atoms with van der Waals surface area (Å²) in [5.41, 5.74) is 9.59. The lowest BCUT2D eigenvalue weighted by molar-refractivity contribution is 0.103. The second-order valence-electron chi connectivity index (χ2n) is 4.96. The molecule has 19 heavy (non-hydrogen) atoms. The van der Waals surface area contributed by atoms with Crippen molar-refractivity contribution in [1.29, 1.82) is 0 Å². The normalized spacial score (nSPS) is 13.3. The van der Waals surface area contributed by atoms with Gasteiger partial charge in [0.25, 0.3) is 5.91 Å². The van der Waals surface area contributed by atoms with E-state index in [9.17, 15) is 4.79 Å². The van der Waals surface area contributed by atoms with E-state index in [0.29, 0.717) is 11.4 Å². The van der Waals surface area contributed by atoms with Gasteiger partial charge in [-0.05, 0) is 55.5 Å². The molecule has 0 aliphatic heterocycles. The molecule has 1 aromatic carbocycles. The fourth-order valence-corrected chi connectivity index (χ4v) is 3.55. The number of aryl methyl sites for hydroxylation is 3. The first-order chi connectivity index (χ1) is 9.13. The average Bonchev–Trinajstić information content (AvgIpc) is 2.94. The summed E-state index contributed by atoms with van der Waals surface area (Å²) in [6, 6.07) is 7.67. The third-order valence-corrected chi connectivity index (χ3v) is 4.66. The van der Waals surface area contributed by atoms with Gasteiger partial charge in [0.2, 0.25) is 0 Å². The molecule has 98 valence electrons.